The van der Waals surface area contributed by atoms with Crippen molar-refractivity contribution in [3.8, 4) is 0 Å². The number of aliphatic carboxylic acids is 1. The Hall–Kier alpha value is -1.44. The minimum absolute atomic E-state index is 0.0149. The summed E-state index contributed by atoms with van der Waals surface area (Å²) >= 11 is 0. The van der Waals surface area contributed by atoms with Crippen molar-refractivity contribution in [2.45, 2.75) is 26.4 Å². The third kappa shape index (κ3) is 5.37. The van der Waals surface area contributed by atoms with Crippen LogP contribution < -0.4 is 0 Å². The lowest BCUT2D eigenvalue weighted by atomic mass is 10.4. The van der Waals surface area contributed by atoms with E-state index in [1.165, 1.54) is 0 Å². The first-order chi connectivity index (χ1) is 8.99. The van der Waals surface area contributed by atoms with Gasteiger partial charge in [0, 0.05) is 0 Å². The predicted octanol–water partition coefficient (Wildman–Crippen LogP) is 0.660. The first-order valence-electron chi connectivity index (χ1n) is 5.64. The van der Waals surface area contributed by atoms with Gasteiger partial charge >= 0.3 is 13.6 Å². The van der Waals surface area contributed by atoms with E-state index in [2.05, 4.69) is 20.4 Å². The van der Waals surface area contributed by atoms with Crippen molar-refractivity contribution >= 4 is 13.6 Å². The van der Waals surface area contributed by atoms with Crippen LogP contribution in [0, 0.1) is 0 Å². The van der Waals surface area contributed by atoms with Gasteiger partial charge in [0.25, 0.3) is 0 Å². The molecule has 9 nitrogen and oxygen atoms in total. The molecule has 106 valence electrons. The number of carboxylic acids is 1. The van der Waals surface area contributed by atoms with Gasteiger partial charge in [0.15, 0.2) is 11.6 Å². The summed E-state index contributed by atoms with van der Waals surface area (Å²) in [7, 11) is -3.31. The Kier molecular flexibility index (Phi) is 5.94. The fraction of sp³-hybridized carbons (Fsp3) is 0.667. The van der Waals surface area contributed by atoms with Crippen LogP contribution in [0.15, 0.2) is 0 Å². The number of hydrogen-bond acceptors (Lipinski definition) is 8. The van der Waals surface area contributed by atoms with E-state index in [4.69, 9.17) is 14.2 Å². The molecule has 0 radical (unpaired) electrons. The molecule has 1 N–H and O–H groups in total. The summed E-state index contributed by atoms with van der Waals surface area (Å²) in [6.07, 6.45) is -0.517. The third-order valence-corrected chi connectivity index (χ3v) is 3.83. The van der Waals surface area contributed by atoms with Crippen LogP contribution in [-0.2, 0) is 31.0 Å². The summed E-state index contributed by atoms with van der Waals surface area (Å²) in [4.78, 5) is 10.4. The largest absolute Gasteiger partial charge is 0.481 e. The molecule has 0 amide bonds. The van der Waals surface area contributed by atoms with Crippen LogP contribution in [0.25, 0.3) is 0 Å². The van der Waals surface area contributed by atoms with E-state index >= 15 is 0 Å². The van der Waals surface area contributed by atoms with Crippen molar-refractivity contribution in [1.29, 1.82) is 0 Å². The van der Waals surface area contributed by atoms with E-state index in [-0.39, 0.29) is 37.4 Å². The Bertz CT molecular complexity index is 456. The average molecular weight is 290 g/mol. The fourth-order valence-electron chi connectivity index (χ4n) is 1.24. The highest BCUT2D eigenvalue weighted by atomic mass is 31.2. The molecule has 0 saturated heterocycles. The van der Waals surface area contributed by atoms with Crippen LogP contribution >= 0.6 is 7.60 Å². The second-order valence-corrected chi connectivity index (χ2v) is 5.46. The van der Waals surface area contributed by atoms with E-state index in [9.17, 15) is 9.36 Å². The van der Waals surface area contributed by atoms with E-state index in [1.54, 1.807) is 13.8 Å². The van der Waals surface area contributed by atoms with Crippen molar-refractivity contribution in [1.82, 2.24) is 20.4 Å². The van der Waals surface area contributed by atoms with Crippen LogP contribution in [0.5, 0.6) is 0 Å². The molecule has 1 aromatic rings. The highest BCUT2D eigenvalue weighted by Gasteiger charge is 2.26. The van der Waals surface area contributed by atoms with Gasteiger partial charge < -0.3 is 14.2 Å². The zero-order chi connectivity index (χ0) is 14.3. The zero-order valence-corrected chi connectivity index (χ0v) is 11.5. The van der Waals surface area contributed by atoms with Gasteiger partial charge in [-0.3, -0.25) is 9.36 Å². The molecular weight excluding hydrogens is 275 g/mol. The summed E-state index contributed by atoms with van der Waals surface area (Å²) in [6, 6.07) is 0. The van der Waals surface area contributed by atoms with Gasteiger partial charge in [-0.15, -0.1) is 20.4 Å². The Morgan fingerprint density at radius 1 is 1.11 bits per heavy atom. The van der Waals surface area contributed by atoms with Gasteiger partial charge in [-0.2, -0.15) is 0 Å². The number of nitrogens with zero attached hydrogens (tertiary/aromatic N) is 4. The van der Waals surface area contributed by atoms with Crippen molar-refractivity contribution in [3.05, 3.63) is 11.6 Å². The number of carboxylic acid groups (broad SMARTS) is 1. The SMILES string of the molecule is CCOP(=O)(Cc1nnc(CC(=O)O)nn1)OCC. The van der Waals surface area contributed by atoms with Crippen molar-refractivity contribution in [2.24, 2.45) is 0 Å². The molecule has 0 bridgehead atoms. The van der Waals surface area contributed by atoms with Crippen LogP contribution in [0.4, 0.5) is 0 Å². The van der Waals surface area contributed by atoms with Gasteiger partial charge in [0.1, 0.15) is 12.6 Å². The highest BCUT2D eigenvalue weighted by molar-refractivity contribution is 7.53. The molecule has 19 heavy (non-hydrogen) atoms. The maximum Gasteiger partial charge on any atom is 0.338 e. The molecule has 1 heterocycles. The van der Waals surface area contributed by atoms with Crippen molar-refractivity contribution < 1.29 is 23.5 Å². The standard InChI is InChI=1S/C9H15N4O5P/c1-3-17-19(16,18-4-2)6-8-12-10-7(11-13-8)5-9(14)15/h3-6H2,1-2H3,(H,14,15). The minimum atomic E-state index is -3.31. The maximum atomic E-state index is 12.2. The van der Waals surface area contributed by atoms with Gasteiger partial charge in [-0.1, -0.05) is 0 Å². The lowest BCUT2D eigenvalue weighted by molar-refractivity contribution is -0.136. The predicted molar refractivity (Wildman–Crippen MR) is 63.5 cm³/mol. The maximum absolute atomic E-state index is 12.2. The van der Waals surface area contributed by atoms with E-state index in [1.807, 2.05) is 0 Å². The van der Waals surface area contributed by atoms with E-state index in [0.29, 0.717) is 0 Å². The molecule has 0 unspecified atom stereocenters. The van der Waals surface area contributed by atoms with Crippen LogP contribution in [-0.4, -0.2) is 44.7 Å². The molecular formula is C9H15N4O5P. The van der Waals surface area contributed by atoms with Crippen LogP contribution in [0.3, 0.4) is 0 Å². The molecule has 0 atom stereocenters. The lowest BCUT2D eigenvalue weighted by Crippen LogP contribution is -2.11. The summed E-state index contributed by atoms with van der Waals surface area (Å²) in [5.74, 6) is -1.01. The number of hydrogen-bond donors (Lipinski definition) is 1. The molecule has 0 aromatic carbocycles. The summed E-state index contributed by atoms with van der Waals surface area (Å²) in [5, 5.41) is 23.0. The molecule has 10 heteroatoms. The average Bonchev–Trinajstić information content (AvgIpc) is 2.31. The zero-order valence-electron chi connectivity index (χ0n) is 10.6. The van der Waals surface area contributed by atoms with Gasteiger partial charge in [-0.25, -0.2) is 0 Å². The summed E-state index contributed by atoms with van der Waals surface area (Å²) in [5.41, 5.74) is 0. The Morgan fingerprint density at radius 2 is 1.58 bits per heavy atom. The number of rotatable bonds is 8. The minimum Gasteiger partial charge on any atom is -0.481 e. The molecule has 0 fully saturated rings. The monoisotopic (exact) mass is 290 g/mol. The third-order valence-electron chi connectivity index (χ3n) is 1.86. The van der Waals surface area contributed by atoms with Crippen LogP contribution in [0.1, 0.15) is 25.5 Å². The highest BCUT2D eigenvalue weighted by Crippen LogP contribution is 2.50. The molecule has 1 aromatic heterocycles. The number of carbonyl (C=O) groups is 1. The smallest absolute Gasteiger partial charge is 0.338 e. The number of aromatic nitrogens is 4. The Morgan fingerprint density at radius 3 is 2.00 bits per heavy atom. The molecule has 0 spiro atoms. The molecule has 0 aliphatic carbocycles. The molecule has 0 saturated carbocycles. The first-order valence-corrected chi connectivity index (χ1v) is 7.37. The summed E-state index contributed by atoms with van der Waals surface area (Å²) in [6.45, 7) is 3.85. The van der Waals surface area contributed by atoms with Gasteiger partial charge in [-0.05, 0) is 13.8 Å². The molecule has 0 aliphatic heterocycles. The van der Waals surface area contributed by atoms with Gasteiger partial charge in [0.05, 0.1) is 13.2 Å². The lowest BCUT2D eigenvalue weighted by Gasteiger charge is -2.15. The van der Waals surface area contributed by atoms with Crippen molar-refractivity contribution in [3.63, 3.8) is 0 Å². The second kappa shape index (κ2) is 7.22. The van der Waals surface area contributed by atoms with Crippen molar-refractivity contribution in [2.75, 3.05) is 13.2 Å². The summed E-state index contributed by atoms with van der Waals surface area (Å²) < 4.78 is 22.3. The molecule has 0 aliphatic rings. The second-order valence-electron chi connectivity index (χ2n) is 3.41. The molecule has 1 rings (SSSR count). The van der Waals surface area contributed by atoms with E-state index in [0.717, 1.165) is 0 Å². The quantitative estimate of drug-likeness (QED) is 0.687. The van der Waals surface area contributed by atoms with Gasteiger partial charge in [0.2, 0.25) is 0 Å². The van der Waals surface area contributed by atoms with Crippen LogP contribution in [0.2, 0.25) is 0 Å². The first kappa shape index (κ1) is 15.6. The Labute approximate surface area is 109 Å². The topological polar surface area (TPSA) is 124 Å². The normalized spacial score (nSPS) is 11.5. The van der Waals surface area contributed by atoms with E-state index < -0.39 is 13.6 Å². The Balaban J connectivity index is 2.75. The fourth-order valence-corrected chi connectivity index (χ4v) is 2.75.